The molecular weight excluding hydrogens is 411 g/mol. The average molecular weight is 442 g/mol. The Morgan fingerprint density at radius 1 is 1.03 bits per heavy atom. The van der Waals surface area contributed by atoms with Crippen LogP contribution in [-0.2, 0) is 14.8 Å². The zero-order valence-corrected chi connectivity index (χ0v) is 17.4. The first-order valence-electron chi connectivity index (χ1n) is 9.96. The molecule has 8 nitrogen and oxygen atoms in total. The van der Waals surface area contributed by atoms with E-state index in [2.05, 4.69) is 20.9 Å². The highest BCUT2D eigenvalue weighted by Crippen LogP contribution is 2.28. The average Bonchev–Trinajstić information content (AvgIpc) is 2.67. The second-order valence-electron chi connectivity index (χ2n) is 7.42. The predicted molar refractivity (Wildman–Crippen MR) is 104 cm³/mol. The molecule has 0 atom stereocenters. The van der Waals surface area contributed by atoms with Gasteiger partial charge in [-0.15, -0.1) is 0 Å². The van der Waals surface area contributed by atoms with Gasteiger partial charge in [-0.25, -0.2) is 8.42 Å². The van der Waals surface area contributed by atoms with Crippen LogP contribution in [0.2, 0.25) is 0 Å². The van der Waals surface area contributed by atoms with E-state index in [0.29, 0.717) is 23.2 Å². The van der Waals surface area contributed by atoms with Gasteiger partial charge < -0.3 is 16.0 Å². The fourth-order valence-corrected chi connectivity index (χ4v) is 4.60. The van der Waals surface area contributed by atoms with Crippen molar-refractivity contribution in [1.29, 1.82) is 0 Å². The van der Waals surface area contributed by atoms with Crippen molar-refractivity contribution < 1.29 is 26.4 Å². The second-order valence-corrected chi connectivity index (χ2v) is 9.35. The number of rotatable bonds is 6. The number of nitrogens with one attached hydrogen (secondary N) is 3. The molecule has 3 N–H and O–H groups in total. The Hall–Kier alpha value is -1.56. The lowest BCUT2D eigenvalue weighted by molar-refractivity contribution is -0.121. The van der Waals surface area contributed by atoms with Crippen LogP contribution in [0.5, 0.6) is 0 Å². The number of carbonyl (C=O) groups excluding carboxylic acids is 1. The van der Waals surface area contributed by atoms with Crippen molar-refractivity contribution >= 4 is 21.9 Å². The van der Waals surface area contributed by atoms with Crippen molar-refractivity contribution in [3.8, 4) is 0 Å². The van der Waals surface area contributed by atoms with Gasteiger partial charge in [0.15, 0.2) is 5.96 Å². The zero-order valence-electron chi connectivity index (χ0n) is 16.6. The Balaban J connectivity index is 1.69. The van der Waals surface area contributed by atoms with Crippen molar-refractivity contribution in [3.05, 3.63) is 0 Å². The van der Waals surface area contributed by atoms with Gasteiger partial charge in [0.1, 0.15) is 0 Å². The third-order valence-electron chi connectivity index (χ3n) is 5.27. The van der Waals surface area contributed by atoms with Crippen molar-refractivity contribution in [2.45, 2.75) is 69.0 Å². The third kappa shape index (κ3) is 7.02. The molecule has 29 heavy (non-hydrogen) atoms. The van der Waals surface area contributed by atoms with E-state index >= 15 is 0 Å². The van der Waals surface area contributed by atoms with E-state index in [0.717, 1.165) is 25.7 Å². The number of halogens is 3. The number of sulfonamides is 1. The predicted octanol–water partition coefficient (Wildman–Crippen LogP) is 1.30. The van der Waals surface area contributed by atoms with Gasteiger partial charge in [-0.05, 0) is 25.7 Å². The Labute approximate surface area is 169 Å². The summed E-state index contributed by atoms with van der Waals surface area (Å²) in [7, 11) is -3.72. The summed E-state index contributed by atoms with van der Waals surface area (Å²) in [5, 5.41) is 9.12. The molecule has 0 aromatic heterocycles. The molecule has 12 heteroatoms. The number of nitrogens with zero attached hydrogens (tertiary/aromatic N) is 2. The SMILES string of the molecule is CN=C(NCCC(=O)NC1CCCCC1)NC1CCN(S(=O)(=O)C(F)(F)F)CC1. The maximum atomic E-state index is 12.6. The van der Waals surface area contributed by atoms with Gasteiger partial charge in [0.25, 0.3) is 0 Å². The highest BCUT2D eigenvalue weighted by Gasteiger charge is 2.50. The minimum Gasteiger partial charge on any atom is -0.356 e. The molecule has 1 aliphatic heterocycles. The van der Waals surface area contributed by atoms with Gasteiger partial charge in [-0.3, -0.25) is 9.79 Å². The standard InChI is InChI=1S/C17H30F3N5O3S/c1-21-16(22-10-7-15(26)23-13-5-3-2-4-6-13)24-14-8-11-25(12-9-14)29(27,28)17(18,19)20/h13-14H,2-12H2,1H3,(H,23,26)(H2,21,22,24). The van der Waals surface area contributed by atoms with Crippen LogP contribution in [0.15, 0.2) is 4.99 Å². The van der Waals surface area contributed by atoms with Gasteiger partial charge in [-0.1, -0.05) is 19.3 Å². The van der Waals surface area contributed by atoms with Gasteiger partial charge in [0.2, 0.25) is 5.91 Å². The number of hydrogen-bond donors (Lipinski definition) is 3. The van der Waals surface area contributed by atoms with E-state index in [1.165, 1.54) is 6.42 Å². The van der Waals surface area contributed by atoms with Crippen LogP contribution < -0.4 is 16.0 Å². The first-order valence-corrected chi connectivity index (χ1v) is 11.4. The first kappa shape index (κ1) is 23.7. The molecule has 2 aliphatic rings. The van der Waals surface area contributed by atoms with Crippen molar-refractivity contribution in [2.24, 2.45) is 4.99 Å². The largest absolute Gasteiger partial charge is 0.511 e. The van der Waals surface area contributed by atoms with Crippen LogP contribution in [0.4, 0.5) is 13.2 Å². The van der Waals surface area contributed by atoms with Crippen molar-refractivity contribution in [1.82, 2.24) is 20.3 Å². The number of piperidine rings is 1. The number of guanidine groups is 1. The summed E-state index contributed by atoms with van der Waals surface area (Å²) in [6.07, 6.45) is 6.30. The van der Waals surface area contributed by atoms with Crippen LogP contribution in [-0.4, -0.2) is 68.9 Å². The fourth-order valence-electron chi connectivity index (χ4n) is 3.62. The van der Waals surface area contributed by atoms with Gasteiger partial charge in [0, 0.05) is 45.2 Å². The summed E-state index contributed by atoms with van der Waals surface area (Å²) in [6, 6.07) is 0.0591. The maximum absolute atomic E-state index is 12.6. The van der Waals surface area contributed by atoms with E-state index < -0.39 is 15.5 Å². The second kappa shape index (κ2) is 10.5. The minimum atomic E-state index is -5.28. The molecule has 1 saturated heterocycles. The lowest BCUT2D eigenvalue weighted by Crippen LogP contribution is -2.52. The lowest BCUT2D eigenvalue weighted by atomic mass is 9.95. The molecule has 1 amide bonds. The van der Waals surface area contributed by atoms with Crippen LogP contribution >= 0.6 is 0 Å². The lowest BCUT2D eigenvalue weighted by Gasteiger charge is -2.32. The molecule has 0 radical (unpaired) electrons. The number of alkyl halides is 3. The fraction of sp³-hybridized carbons (Fsp3) is 0.882. The number of carbonyl (C=O) groups is 1. The third-order valence-corrected chi connectivity index (χ3v) is 6.90. The Morgan fingerprint density at radius 2 is 1.62 bits per heavy atom. The summed E-state index contributed by atoms with van der Waals surface area (Å²) < 4.78 is 61.2. The number of amides is 1. The van der Waals surface area contributed by atoms with Crippen LogP contribution in [0, 0.1) is 0 Å². The topological polar surface area (TPSA) is 103 Å². The van der Waals surface area contributed by atoms with Gasteiger partial charge in [0.05, 0.1) is 0 Å². The van der Waals surface area contributed by atoms with E-state index in [-0.39, 0.29) is 43.9 Å². The maximum Gasteiger partial charge on any atom is 0.511 e. The van der Waals surface area contributed by atoms with Gasteiger partial charge in [-0.2, -0.15) is 17.5 Å². The molecule has 1 aliphatic carbocycles. The van der Waals surface area contributed by atoms with Crippen molar-refractivity contribution in [3.63, 3.8) is 0 Å². The zero-order chi connectivity index (χ0) is 21.5. The molecule has 0 bridgehead atoms. The Kier molecular flexibility index (Phi) is 8.56. The first-order chi connectivity index (χ1) is 13.6. The molecule has 1 saturated carbocycles. The quantitative estimate of drug-likeness (QED) is 0.426. The number of hydrogen-bond acceptors (Lipinski definition) is 4. The summed E-state index contributed by atoms with van der Waals surface area (Å²) in [5.41, 5.74) is -5.27. The van der Waals surface area contributed by atoms with Crippen molar-refractivity contribution in [2.75, 3.05) is 26.7 Å². The van der Waals surface area contributed by atoms with E-state index in [4.69, 9.17) is 0 Å². The molecule has 0 unspecified atom stereocenters. The molecule has 2 rings (SSSR count). The van der Waals surface area contributed by atoms with Crippen LogP contribution in [0.1, 0.15) is 51.4 Å². The van der Waals surface area contributed by atoms with Gasteiger partial charge >= 0.3 is 15.5 Å². The van der Waals surface area contributed by atoms with E-state index in [1.54, 1.807) is 7.05 Å². The highest BCUT2D eigenvalue weighted by atomic mass is 32.2. The molecule has 0 aromatic rings. The summed E-state index contributed by atoms with van der Waals surface area (Å²) in [4.78, 5) is 16.1. The van der Waals surface area contributed by atoms with E-state index in [9.17, 15) is 26.4 Å². The molecule has 0 spiro atoms. The van der Waals surface area contributed by atoms with E-state index in [1.807, 2.05) is 0 Å². The molecular formula is C17H30F3N5O3S. The Morgan fingerprint density at radius 3 is 2.17 bits per heavy atom. The molecule has 1 heterocycles. The summed E-state index contributed by atoms with van der Waals surface area (Å²) in [5.74, 6) is 0.415. The molecule has 168 valence electrons. The monoisotopic (exact) mass is 441 g/mol. The highest BCUT2D eigenvalue weighted by molar-refractivity contribution is 7.90. The number of aliphatic imine (C=N–C) groups is 1. The normalized spacial score (nSPS) is 21.0. The summed E-state index contributed by atoms with van der Waals surface area (Å²) >= 11 is 0. The van der Waals surface area contributed by atoms with Crippen LogP contribution in [0.25, 0.3) is 0 Å². The molecule has 0 aromatic carbocycles. The smallest absolute Gasteiger partial charge is 0.356 e. The Bertz CT molecular complexity index is 670. The minimum absolute atomic E-state index is 0.0227. The molecule has 2 fully saturated rings. The van der Waals surface area contributed by atoms with Crippen LogP contribution in [0.3, 0.4) is 0 Å². The summed E-state index contributed by atoms with van der Waals surface area (Å²) in [6.45, 7) is -0.0415.